The summed E-state index contributed by atoms with van der Waals surface area (Å²) in [6.45, 7) is 2.90. The summed E-state index contributed by atoms with van der Waals surface area (Å²) in [6, 6.07) is 6.97. The van der Waals surface area contributed by atoms with E-state index in [4.69, 9.17) is 0 Å². The predicted octanol–water partition coefficient (Wildman–Crippen LogP) is 0.752. The number of nitrogens with zero attached hydrogens (tertiary/aromatic N) is 2. The van der Waals surface area contributed by atoms with Gasteiger partial charge in [0.1, 0.15) is 11.3 Å². The van der Waals surface area contributed by atoms with E-state index in [2.05, 4.69) is 4.99 Å². The zero-order chi connectivity index (χ0) is 15.7. The van der Waals surface area contributed by atoms with E-state index in [9.17, 15) is 20.1 Å². The molecule has 21 heavy (non-hydrogen) atoms. The number of aromatic hydroxyl groups is 1. The minimum absolute atomic E-state index is 0.0240. The molecule has 0 aliphatic carbocycles. The molecule has 6 heteroatoms. The maximum atomic E-state index is 12.4. The van der Waals surface area contributed by atoms with Crippen LogP contribution >= 0.6 is 0 Å². The lowest BCUT2D eigenvalue weighted by atomic mass is 10.1. The Kier molecular flexibility index (Phi) is 4.11. The zero-order valence-electron chi connectivity index (χ0n) is 12.1. The minimum atomic E-state index is -1.35. The highest BCUT2D eigenvalue weighted by Gasteiger charge is 2.18. The number of aliphatic hydroxyl groups excluding tert-OH is 2. The van der Waals surface area contributed by atoms with Crippen molar-refractivity contribution in [2.24, 2.45) is 12.0 Å². The summed E-state index contributed by atoms with van der Waals surface area (Å²) in [5.74, 6) is -0.173. The fourth-order valence-electron chi connectivity index (χ4n) is 2.18. The Morgan fingerprint density at radius 3 is 2.52 bits per heavy atom. The predicted molar refractivity (Wildman–Crippen MR) is 80.8 cm³/mol. The van der Waals surface area contributed by atoms with E-state index < -0.39 is 17.9 Å². The Labute approximate surface area is 121 Å². The van der Waals surface area contributed by atoms with Gasteiger partial charge in [0, 0.05) is 12.4 Å². The Morgan fingerprint density at radius 1 is 1.29 bits per heavy atom. The van der Waals surface area contributed by atoms with Crippen LogP contribution in [0.1, 0.15) is 19.4 Å². The van der Waals surface area contributed by atoms with Crippen LogP contribution in [0.4, 0.5) is 0 Å². The second kappa shape index (κ2) is 5.67. The van der Waals surface area contributed by atoms with E-state index >= 15 is 0 Å². The first-order chi connectivity index (χ1) is 9.84. The summed E-state index contributed by atoms with van der Waals surface area (Å²) in [7, 11) is 1.60. The Morgan fingerprint density at radius 2 is 1.90 bits per heavy atom. The number of aliphatic imine (C=N–C) groups is 1. The molecule has 2 rings (SSSR count). The van der Waals surface area contributed by atoms with Crippen molar-refractivity contribution in [3.63, 3.8) is 0 Å². The number of pyridine rings is 1. The summed E-state index contributed by atoms with van der Waals surface area (Å²) in [5.41, 5.74) is 0.390. The van der Waals surface area contributed by atoms with Crippen molar-refractivity contribution >= 4 is 16.6 Å². The quantitative estimate of drug-likeness (QED) is 0.727. The lowest BCUT2D eigenvalue weighted by molar-refractivity contribution is 0.0376. The van der Waals surface area contributed by atoms with Crippen LogP contribution in [-0.4, -0.2) is 37.9 Å². The Balaban J connectivity index is 2.73. The second-order valence-electron chi connectivity index (χ2n) is 4.97. The van der Waals surface area contributed by atoms with Gasteiger partial charge in [-0.1, -0.05) is 12.1 Å². The average molecular weight is 290 g/mol. The highest BCUT2D eigenvalue weighted by Crippen LogP contribution is 2.26. The average Bonchev–Trinajstić information content (AvgIpc) is 2.45. The first-order valence-corrected chi connectivity index (χ1v) is 6.56. The van der Waals surface area contributed by atoms with E-state index in [1.165, 1.54) is 18.4 Å². The zero-order valence-corrected chi connectivity index (χ0v) is 12.1. The van der Waals surface area contributed by atoms with Crippen molar-refractivity contribution in [3.8, 4) is 5.75 Å². The third kappa shape index (κ3) is 2.68. The number of hydrogen-bond donors (Lipinski definition) is 3. The third-order valence-corrected chi connectivity index (χ3v) is 3.40. The van der Waals surface area contributed by atoms with Gasteiger partial charge >= 0.3 is 0 Å². The highest BCUT2D eigenvalue weighted by molar-refractivity contribution is 6.05. The van der Waals surface area contributed by atoms with E-state index in [0.717, 1.165) is 0 Å². The molecule has 0 saturated heterocycles. The number of benzene rings is 1. The van der Waals surface area contributed by atoms with Crippen molar-refractivity contribution in [3.05, 3.63) is 40.2 Å². The van der Waals surface area contributed by atoms with Crippen LogP contribution in [0, 0.1) is 0 Å². The van der Waals surface area contributed by atoms with Gasteiger partial charge < -0.3 is 19.9 Å². The molecule has 0 fully saturated rings. The lowest BCUT2D eigenvalue weighted by Gasteiger charge is -2.13. The van der Waals surface area contributed by atoms with E-state index in [0.29, 0.717) is 10.9 Å². The molecule has 0 amide bonds. The maximum absolute atomic E-state index is 12.4. The van der Waals surface area contributed by atoms with Gasteiger partial charge in [0.05, 0.1) is 17.3 Å². The van der Waals surface area contributed by atoms with E-state index in [1.807, 2.05) is 0 Å². The van der Waals surface area contributed by atoms with Crippen molar-refractivity contribution in [2.45, 2.75) is 26.2 Å². The van der Waals surface area contributed by atoms with Gasteiger partial charge in [0.15, 0.2) is 6.23 Å². The fraction of sp³-hybridized carbons (Fsp3) is 0.333. The number of fused-ring (bicyclic) bond motifs is 1. The molecule has 0 bridgehead atoms. The van der Waals surface area contributed by atoms with Gasteiger partial charge in [-0.05, 0) is 26.0 Å². The van der Waals surface area contributed by atoms with Crippen molar-refractivity contribution in [1.82, 2.24) is 4.57 Å². The van der Waals surface area contributed by atoms with Crippen LogP contribution < -0.4 is 5.56 Å². The molecule has 3 N–H and O–H groups in total. The molecule has 112 valence electrons. The molecule has 1 aromatic carbocycles. The molecule has 2 aromatic rings. The topological polar surface area (TPSA) is 95.1 Å². The first-order valence-electron chi connectivity index (χ1n) is 6.56. The number of rotatable bonds is 3. The molecular weight excluding hydrogens is 272 g/mol. The summed E-state index contributed by atoms with van der Waals surface area (Å²) in [5, 5.41) is 29.7. The van der Waals surface area contributed by atoms with Gasteiger partial charge in [-0.15, -0.1) is 0 Å². The molecule has 0 aliphatic heterocycles. The monoisotopic (exact) mass is 290 g/mol. The fourth-order valence-corrected chi connectivity index (χ4v) is 2.18. The van der Waals surface area contributed by atoms with Crippen molar-refractivity contribution in [1.29, 1.82) is 0 Å². The summed E-state index contributed by atoms with van der Waals surface area (Å²) in [6.07, 6.45) is -2.41. The van der Waals surface area contributed by atoms with Crippen LogP contribution in [0.15, 0.2) is 34.1 Å². The summed E-state index contributed by atoms with van der Waals surface area (Å²) < 4.78 is 1.41. The third-order valence-electron chi connectivity index (χ3n) is 3.40. The van der Waals surface area contributed by atoms with Crippen LogP contribution in [0.25, 0.3) is 10.9 Å². The first kappa shape index (κ1) is 15.2. The summed E-state index contributed by atoms with van der Waals surface area (Å²) in [4.78, 5) is 16.2. The molecule has 1 aromatic heterocycles. The second-order valence-corrected chi connectivity index (χ2v) is 4.97. The normalized spacial score (nSPS) is 15.2. The Bertz CT molecular complexity index is 762. The van der Waals surface area contributed by atoms with E-state index in [1.54, 1.807) is 31.3 Å². The SMILES string of the molecule is CC(=N[C@@H](O)[C@@H](C)O)c1c(O)c2ccccc2n(C)c1=O. The largest absolute Gasteiger partial charge is 0.506 e. The lowest BCUT2D eigenvalue weighted by Crippen LogP contribution is -2.27. The van der Waals surface area contributed by atoms with Crippen molar-refractivity contribution < 1.29 is 15.3 Å². The minimum Gasteiger partial charge on any atom is -0.506 e. The maximum Gasteiger partial charge on any atom is 0.263 e. The molecular formula is C15H18N2O4. The number of para-hydroxylation sites is 1. The van der Waals surface area contributed by atoms with Gasteiger partial charge in [0.25, 0.3) is 5.56 Å². The molecule has 6 nitrogen and oxygen atoms in total. The standard InChI is InChI=1S/C15H18N2O4/c1-8(16-14(20)9(2)18)12-13(19)10-6-4-5-7-11(10)17(3)15(12)21/h4-7,9,14,18-20H,1-3H3/t9-,14+/m1/s1. The number of aromatic nitrogens is 1. The number of hydrogen-bond acceptors (Lipinski definition) is 5. The molecule has 2 atom stereocenters. The van der Waals surface area contributed by atoms with Crippen molar-refractivity contribution in [2.75, 3.05) is 0 Å². The molecule has 0 unspecified atom stereocenters. The van der Waals surface area contributed by atoms with Crippen LogP contribution in [0.5, 0.6) is 5.75 Å². The molecule has 0 radical (unpaired) electrons. The molecule has 0 aliphatic rings. The number of aliphatic hydroxyl groups is 2. The molecule has 0 saturated carbocycles. The molecule has 0 spiro atoms. The van der Waals surface area contributed by atoms with Gasteiger partial charge in [-0.2, -0.15) is 0 Å². The molecule has 1 heterocycles. The van der Waals surface area contributed by atoms with Crippen LogP contribution in [0.2, 0.25) is 0 Å². The van der Waals surface area contributed by atoms with Crippen LogP contribution in [-0.2, 0) is 7.05 Å². The highest BCUT2D eigenvalue weighted by atomic mass is 16.3. The summed E-state index contributed by atoms with van der Waals surface area (Å²) >= 11 is 0. The van der Waals surface area contributed by atoms with Gasteiger partial charge in [0.2, 0.25) is 0 Å². The van der Waals surface area contributed by atoms with Gasteiger partial charge in [-0.3, -0.25) is 9.79 Å². The van der Waals surface area contributed by atoms with Gasteiger partial charge in [-0.25, -0.2) is 0 Å². The Hall–Kier alpha value is -2.18. The number of aryl methyl sites for hydroxylation is 1. The smallest absolute Gasteiger partial charge is 0.263 e. The van der Waals surface area contributed by atoms with E-state index in [-0.39, 0.29) is 17.0 Å². The van der Waals surface area contributed by atoms with Crippen LogP contribution in [0.3, 0.4) is 0 Å².